The number of benzene rings is 1. The second-order valence-electron chi connectivity index (χ2n) is 8.89. The molecule has 5 rings (SSSR count). The highest BCUT2D eigenvalue weighted by atomic mass is 28.3. The minimum Gasteiger partial charge on any atom is -0.408 e. The second kappa shape index (κ2) is 4.49. The minimum absolute atomic E-state index is 0.0138. The lowest BCUT2D eigenvalue weighted by molar-refractivity contribution is -0.199. The molecule has 0 spiro atoms. The molecule has 118 valence electrons. The first-order chi connectivity index (χ1) is 10.3. The van der Waals surface area contributed by atoms with Gasteiger partial charge >= 0.3 is 6.71 Å². The minimum atomic E-state index is -1.78. The smallest absolute Gasteiger partial charge is 0.408 e. The SMILES string of the molecule is CC1(C)[C@H]2CC3OB([Si](C)(C)c4ccccc4)O[C@]3(C)[C@@H]1C2. The fraction of sp³-hybridized carbons (Fsp3) is 0.667. The van der Waals surface area contributed by atoms with E-state index in [9.17, 15) is 0 Å². The monoisotopic (exact) mass is 314 g/mol. The molecule has 1 aromatic carbocycles. The lowest BCUT2D eigenvalue weighted by Crippen LogP contribution is -2.65. The summed E-state index contributed by atoms with van der Waals surface area (Å²) in [5.74, 6) is 1.47. The zero-order valence-corrected chi connectivity index (χ0v) is 15.4. The lowest BCUT2D eigenvalue weighted by Gasteiger charge is -2.64. The molecule has 0 radical (unpaired) electrons. The van der Waals surface area contributed by atoms with E-state index >= 15 is 0 Å². The summed E-state index contributed by atoms with van der Waals surface area (Å²) >= 11 is 0. The third-order valence-electron chi connectivity index (χ3n) is 7.06. The van der Waals surface area contributed by atoms with Crippen LogP contribution >= 0.6 is 0 Å². The second-order valence-corrected chi connectivity index (χ2v) is 13.4. The molecule has 4 fully saturated rings. The molecule has 3 aliphatic carbocycles. The summed E-state index contributed by atoms with van der Waals surface area (Å²) in [5, 5.41) is 1.42. The Kier molecular flexibility index (Phi) is 3.06. The van der Waals surface area contributed by atoms with Crippen LogP contribution in [0.1, 0.15) is 33.6 Å². The van der Waals surface area contributed by atoms with Gasteiger partial charge in [0.1, 0.15) is 7.94 Å². The highest BCUT2D eigenvalue weighted by Gasteiger charge is 2.69. The highest BCUT2D eigenvalue weighted by molar-refractivity contribution is 7.33. The van der Waals surface area contributed by atoms with E-state index in [1.807, 2.05) is 0 Å². The first kappa shape index (κ1) is 15.0. The molecule has 0 aromatic heterocycles. The van der Waals surface area contributed by atoms with Crippen LogP contribution in [-0.2, 0) is 9.31 Å². The van der Waals surface area contributed by atoms with Gasteiger partial charge in [0.2, 0.25) is 0 Å². The van der Waals surface area contributed by atoms with E-state index in [1.165, 1.54) is 18.0 Å². The zero-order valence-electron chi connectivity index (χ0n) is 14.4. The Morgan fingerprint density at radius 2 is 1.77 bits per heavy atom. The van der Waals surface area contributed by atoms with E-state index in [2.05, 4.69) is 64.2 Å². The Balaban J connectivity index is 1.63. The molecule has 4 heteroatoms. The molecule has 1 aliphatic heterocycles. The van der Waals surface area contributed by atoms with Crippen LogP contribution in [0.3, 0.4) is 0 Å². The normalized spacial score (nSPS) is 39.3. The molecule has 1 heterocycles. The van der Waals surface area contributed by atoms with Gasteiger partial charge in [-0.05, 0) is 37.0 Å². The van der Waals surface area contributed by atoms with Gasteiger partial charge in [-0.15, -0.1) is 0 Å². The lowest BCUT2D eigenvalue weighted by atomic mass is 9.43. The molecule has 4 aliphatic rings. The van der Waals surface area contributed by atoms with Crippen molar-refractivity contribution >= 4 is 19.8 Å². The van der Waals surface area contributed by atoms with Gasteiger partial charge < -0.3 is 9.31 Å². The van der Waals surface area contributed by atoms with Crippen LogP contribution in [0.2, 0.25) is 13.1 Å². The molecule has 4 atom stereocenters. The van der Waals surface area contributed by atoms with Crippen LogP contribution in [-0.4, -0.2) is 26.4 Å². The summed E-state index contributed by atoms with van der Waals surface area (Å²) in [6.07, 6.45) is 2.80. The van der Waals surface area contributed by atoms with Gasteiger partial charge in [-0.2, -0.15) is 0 Å². The van der Waals surface area contributed by atoms with Gasteiger partial charge in [0.05, 0.1) is 11.7 Å². The first-order valence-corrected chi connectivity index (χ1v) is 11.7. The summed E-state index contributed by atoms with van der Waals surface area (Å²) < 4.78 is 13.2. The van der Waals surface area contributed by atoms with Gasteiger partial charge in [-0.25, -0.2) is 0 Å². The Morgan fingerprint density at radius 1 is 1.09 bits per heavy atom. The van der Waals surface area contributed by atoms with Crippen LogP contribution < -0.4 is 5.19 Å². The summed E-state index contributed by atoms with van der Waals surface area (Å²) in [6, 6.07) is 10.8. The molecule has 22 heavy (non-hydrogen) atoms. The van der Waals surface area contributed by atoms with E-state index in [0.29, 0.717) is 17.4 Å². The molecule has 1 unspecified atom stereocenters. The van der Waals surface area contributed by atoms with Crippen LogP contribution in [0, 0.1) is 17.3 Å². The van der Waals surface area contributed by atoms with Gasteiger partial charge in [-0.3, -0.25) is 0 Å². The van der Waals surface area contributed by atoms with E-state index in [1.54, 1.807) is 0 Å². The van der Waals surface area contributed by atoms with Crippen molar-refractivity contribution < 1.29 is 9.31 Å². The maximum atomic E-state index is 6.70. The Labute approximate surface area is 135 Å². The maximum Gasteiger partial charge on any atom is 0.438 e. The van der Waals surface area contributed by atoms with Crippen molar-refractivity contribution in [1.29, 1.82) is 0 Å². The van der Waals surface area contributed by atoms with Crippen molar-refractivity contribution in [2.75, 3.05) is 0 Å². The van der Waals surface area contributed by atoms with Crippen molar-refractivity contribution in [3.63, 3.8) is 0 Å². The molecule has 1 saturated heterocycles. The Bertz CT molecular complexity index is 588. The van der Waals surface area contributed by atoms with Gasteiger partial charge in [0, 0.05) is 0 Å². The van der Waals surface area contributed by atoms with E-state index in [-0.39, 0.29) is 12.3 Å². The van der Waals surface area contributed by atoms with Crippen molar-refractivity contribution in [3.8, 4) is 0 Å². The van der Waals surface area contributed by atoms with Crippen molar-refractivity contribution in [3.05, 3.63) is 30.3 Å². The summed E-state index contributed by atoms with van der Waals surface area (Å²) in [5.41, 5.74) is 0.337. The van der Waals surface area contributed by atoms with Gasteiger partial charge in [-0.1, -0.05) is 62.5 Å². The standard InChI is InChI=1S/C18H27BO2Si/c1-17(2)13-11-15(17)18(3)16(12-13)20-19(21-18)22(4,5)14-9-7-6-8-10-14/h6-10,13,15-16H,11-12H2,1-5H3/t13-,15-,16?,18-/m1/s1. The summed E-state index contributed by atoms with van der Waals surface area (Å²) in [4.78, 5) is 0. The van der Waals surface area contributed by atoms with Crippen LogP contribution in [0.4, 0.5) is 0 Å². The Hall–Kier alpha value is -0.578. The van der Waals surface area contributed by atoms with E-state index in [4.69, 9.17) is 9.31 Å². The molecule has 1 aromatic rings. The topological polar surface area (TPSA) is 18.5 Å². The number of hydrogen-bond acceptors (Lipinski definition) is 2. The summed E-state index contributed by atoms with van der Waals surface area (Å²) in [6.45, 7) is 11.9. The maximum absolute atomic E-state index is 6.70. The quantitative estimate of drug-likeness (QED) is 0.779. The summed E-state index contributed by atoms with van der Waals surface area (Å²) in [7, 11) is -1.78. The highest BCUT2D eigenvalue weighted by Crippen LogP contribution is 2.65. The fourth-order valence-corrected chi connectivity index (χ4v) is 7.56. The molecule has 2 bridgehead atoms. The largest absolute Gasteiger partial charge is 0.438 e. The Morgan fingerprint density at radius 3 is 2.41 bits per heavy atom. The molecule has 0 amide bonds. The first-order valence-electron chi connectivity index (χ1n) is 8.65. The van der Waals surface area contributed by atoms with Crippen molar-refractivity contribution in [2.24, 2.45) is 17.3 Å². The van der Waals surface area contributed by atoms with E-state index < -0.39 is 7.94 Å². The average Bonchev–Trinajstić information content (AvgIpc) is 2.85. The predicted molar refractivity (Wildman–Crippen MR) is 93.7 cm³/mol. The van der Waals surface area contributed by atoms with Crippen molar-refractivity contribution in [2.45, 2.75) is 58.4 Å². The average molecular weight is 314 g/mol. The van der Waals surface area contributed by atoms with Crippen LogP contribution in [0.5, 0.6) is 0 Å². The third kappa shape index (κ3) is 1.81. The molecule has 2 nitrogen and oxygen atoms in total. The van der Waals surface area contributed by atoms with Crippen LogP contribution in [0.25, 0.3) is 0 Å². The van der Waals surface area contributed by atoms with E-state index in [0.717, 1.165) is 5.92 Å². The predicted octanol–water partition coefficient (Wildman–Crippen LogP) is 3.41. The molecule has 3 saturated carbocycles. The van der Waals surface area contributed by atoms with Crippen molar-refractivity contribution in [1.82, 2.24) is 0 Å². The van der Waals surface area contributed by atoms with Crippen LogP contribution in [0.15, 0.2) is 30.3 Å². The number of rotatable bonds is 2. The fourth-order valence-electron chi connectivity index (χ4n) is 5.18. The van der Waals surface area contributed by atoms with Gasteiger partial charge in [0.25, 0.3) is 0 Å². The molecular weight excluding hydrogens is 287 g/mol. The third-order valence-corrected chi connectivity index (χ3v) is 10.3. The zero-order chi connectivity index (χ0) is 15.8. The number of hydrogen-bond donors (Lipinski definition) is 0. The molecule has 0 N–H and O–H groups in total. The molecular formula is C18H27BO2Si. The van der Waals surface area contributed by atoms with Gasteiger partial charge in [0.15, 0.2) is 0 Å².